The Morgan fingerprint density at radius 3 is 2.52 bits per heavy atom. The highest BCUT2D eigenvalue weighted by Crippen LogP contribution is 2.19. The number of nitrogens with one attached hydrogen (secondary N) is 1. The molecule has 2 atom stereocenters. The first kappa shape index (κ1) is 16.0. The Hall–Kier alpha value is -1.34. The van der Waals surface area contributed by atoms with Crippen molar-refractivity contribution in [1.82, 2.24) is 15.1 Å². The number of piperidine rings is 1. The van der Waals surface area contributed by atoms with Gasteiger partial charge in [-0.2, -0.15) is 0 Å². The van der Waals surface area contributed by atoms with Crippen molar-refractivity contribution < 1.29 is 19.8 Å². The van der Waals surface area contributed by atoms with Gasteiger partial charge in [0.1, 0.15) is 6.04 Å². The van der Waals surface area contributed by atoms with Crippen LogP contribution in [0.3, 0.4) is 0 Å². The molecule has 3 N–H and O–H groups in total. The Bertz CT molecular complexity index is 382. The molecule has 0 aromatic carbocycles. The second kappa shape index (κ2) is 7.09. The van der Waals surface area contributed by atoms with E-state index in [2.05, 4.69) is 17.1 Å². The summed E-state index contributed by atoms with van der Waals surface area (Å²) in [6, 6.07) is -1.29. The number of aliphatic carboxylic acids is 1. The molecular formula is C14H25N3O4. The Morgan fingerprint density at radius 2 is 1.95 bits per heavy atom. The number of amides is 2. The predicted molar refractivity (Wildman–Crippen MR) is 77.0 cm³/mol. The molecule has 7 heteroatoms. The minimum Gasteiger partial charge on any atom is -0.480 e. The summed E-state index contributed by atoms with van der Waals surface area (Å²) in [5.41, 5.74) is 0. The number of carbonyl (C=O) groups is 2. The van der Waals surface area contributed by atoms with Crippen molar-refractivity contribution in [2.45, 2.75) is 38.3 Å². The smallest absolute Gasteiger partial charge is 0.326 e. The van der Waals surface area contributed by atoms with E-state index in [1.807, 2.05) is 0 Å². The SMILES string of the molecule is CCN1CCC(CNC(=O)N2C[C@H](O)C[C@H]2C(=O)O)CC1. The van der Waals surface area contributed by atoms with Crippen molar-refractivity contribution in [2.24, 2.45) is 5.92 Å². The average Bonchev–Trinajstić information content (AvgIpc) is 2.87. The number of carboxylic acid groups (broad SMARTS) is 1. The first-order chi connectivity index (χ1) is 10.0. The van der Waals surface area contributed by atoms with Gasteiger partial charge in [-0.3, -0.25) is 0 Å². The zero-order valence-electron chi connectivity index (χ0n) is 12.5. The van der Waals surface area contributed by atoms with Gasteiger partial charge in [-0.05, 0) is 38.4 Å². The van der Waals surface area contributed by atoms with Crippen LogP contribution in [-0.4, -0.2) is 76.9 Å². The molecule has 2 fully saturated rings. The number of β-amino-alcohol motifs (C(OH)–C–C–N with tert-alkyl or cyclic N) is 1. The van der Waals surface area contributed by atoms with Crippen molar-refractivity contribution in [3.05, 3.63) is 0 Å². The Morgan fingerprint density at radius 1 is 1.29 bits per heavy atom. The van der Waals surface area contributed by atoms with E-state index in [1.165, 1.54) is 4.90 Å². The first-order valence-electron chi connectivity index (χ1n) is 7.69. The Kier molecular flexibility index (Phi) is 5.41. The van der Waals surface area contributed by atoms with Crippen LogP contribution < -0.4 is 5.32 Å². The molecule has 0 spiro atoms. The number of aliphatic hydroxyl groups excluding tert-OH is 1. The van der Waals surface area contributed by atoms with Crippen LogP contribution in [0.4, 0.5) is 4.79 Å². The van der Waals surface area contributed by atoms with E-state index in [4.69, 9.17) is 5.11 Å². The van der Waals surface area contributed by atoms with Gasteiger partial charge in [0, 0.05) is 19.5 Å². The van der Waals surface area contributed by atoms with Gasteiger partial charge < -0.3 is 25.3 Å². The monoisotopic (exact) mass is 299 g/mol. The van der Waals surface area contributed by atoms with E-state index >= 15 is 0 Å². The molecule has 2 heterocycles. The van der Waals surface area contributed by atoms with Crippen LogP contribution >= 0.6 is 0 Å². The summed E-state index contributed by atoms with van der Waals surface area (Å²) in [4.78, 5) is 26.8. The predicted octanol–water partition coefficient (Wildman–Crippen LogP) is -0.0523. The van der Waals surface area contributed by atoms with Gasteiger partial charge >= 0.3 is 12.0 Å². The van der Waals surface area contributed by atoms with Crippen LogP contribution in [0.15, 0.2) is 0 Å². The summed E-state index contributed by atoms with van der Waals surface area (Å²) in [6.45, 7) is 5.98. The van der Waals surface area contributed by atoms with E-state index in [0.29, 0.717) is 12.5 Å². The number of hydrogen-bond acceptors (Lipinski definition) is 4. The summed E-state index contributed by atoms with van der Waals surface area (Å²) in [7, 11) is 0. The molecular weight excluding hydrogens is 274 g/mol. The summed E-state index contributed by atoms with van der Waals surface area (Å²) in [5.74, 6) is -0.606. The lowest BCUT2D eigenvalue weighted by molar-refractivity contribution is -0.141. The molecule has 2 rings (SSSR count). The topological polar surface area (TPSA) is 93.1 Å². The number of rotatable bonds is 4. The van der Waals surface area contributed by atoms with Crippen molar-refractivity contribution in [2.75, 3.05) is 32.7 Å². The number of likely N-dealkylation sites (tertiary alicyclic amines) is 2. The molecule has 0 bridgehead atoms. The number of aliphatic hydroxyl groups is 1. The molecule has 120 valence electrons. The maximum atomic E-state index is 12.1. The molecule has 0 saturated carbocycles. The standard InChI is InChI=1S/C14H25N3O4/c1-2-16-5-3-10(4-6-16)8-15-14(21)17-9-11(18)7-12(17)13(19)20/h10-12,18H,2-9H2,1H3,(H,15,21)(H,19,20)/t11-,12+/m1/s1. The summed E-state index contributed by atoms with van der Waals surface area (Å²) in [6.07, 6.45) is 1.47. The van der Waals surface area contributed by atoms with Crippen molar-refractivity contribution in [3.63, 3.8) is 0 Å². The first-order valence-corrected chi connectivity index (χ1v) is 7.69. The maximum Gasteiger partial charge on any atom is 0.326 e. The average molecular weight is 299 g/mol. The third kappa shape index (κ3) is 4.07. The fraction of sp³-hybridized carbons (Fsp3) is 0.857. The molecule has 2 amide bonds. The minimum atomic E-state index is -1.06. The zero-order valence-corrected chi connectivity index (χ0v) is 12.5. The van der Waals surface area contributed by atoms with E-state index in [0.717, 1.165) is 32.5 Å². The van der Waals surface area contributed by atoms with Gasteiger partial charge in [0.2, 0.25) is 0 Å². The normalized spacial score (nSPS) is 27.8. The largest absolute Gasteiger partial charge is 0.480 e. The van der Waals surface area contributed by atoms with Crippen LogP contribution in [0.25, 0.3) is 0 Å². The number of hydrogen-bond donors (Lipinski definition) is 3. The lowest BCUT2D eigenvalue weighted by Gasteiger charge is -2.31. The van der Waals surface area contributed by atoms with Crippen LogP contribution in [-0.2, 0) is 4.79 Å². The Balaban J connectivity index is 1.78. The summed E-state index contributed by atoms with van der Waals surface area (Å²) < 4.78 is 0. The van der Waals surface area contributed by atoms with Crippen LogP contribution in [0.2, 0.25) is 0 Å². The van der Waals surface area contributed by atoms with Crippen molar-refractivity contribution in [3.8, 4) is 0 Å². The number of nitrogens with zero attached hydrogens (tertiary/aromatic N) is 2. The zero-order chi connectivity index (χ0) is 15.4. The van der Waals surface area contributed by atoms with Crippen LogP contribution in [0.5, 0.6) is 0 Å². The molecule has 0 aromatic heterocycles. The number of urea groups is 1. The third-order valence-electron chi connectivity index (χ3n) is 4.52. The van der Waals surface area contributed by atoms with Gasteiger partial charge in [0.05, 0.1) is 6.10 Å². The quantitative estimate of drug-likeness (QED) is 0.677. The number of carbonyl (C=O) groups excluding carboxylic acids is 1. The van der Waals surface area contributed by atoms with Crippen molar-refractivity contribution in [1.29, 1.82) is 0 Å². The van der Waals surface area contributed by atoms with E-state index in [-0.39, 0.29) is 19.0 Å². The second-order valence-electron chi connectivity index (χ2n) is 5.96. The highest BCUT2D eigenvalue weighted by Gasteiger charge is 2.39. The van der Waals surface area contributed by atoms with Gasteiger partial charge in [0.25, 0.3) is 0 Å². The highest BCUT2D eigenvalue weighted by molar-refractivity contribution is 5.83. The fourth-order valence-electron chi connectivity index (χ4n) is 3.11. The number of carboxylic acids is 1. The maximum absolute atomic E-state index is 12.1. The van der Waals surface area contributed by atoms with Gasteiger partial charge in [-0.25, -0.2) is 9.59 Å². The van der Waals surface area contributed by atoms with Crippen LogP contribution in [0.1, 0.15) is 26.2 Å². The fourth-order valence-corrected chi connectivity index (χ4v) is 3.11. The molecule has 0 unspecified atom stereocenters. The van der Waals surface area contributed by atoms with E-state index < -0.39 is 18.1 Å². The molecule has 0 aliphatic carbocycles. The van der Waals surface area contributed by atoms with Gasteiger partial charge in [0.15, 0.2) is 0 Å². The summed E-state index contributed by atoms with van der Waals surface area (Å²) in [5, 5.41) is 21.5. The van der Waals surface area contributed by atoms with E-state index in [1.54, 1.807) is 0 Å². The van der Waals surface area contributed by atoms with Gasteiger partial charge in [-0.1, -0.05) is 6.92 Å². The minimum absolute atomic E-state index is 0.0943. The van der Waals surface area contributed by atoms with Crippen molar-refractivity contribution >= 4 is 12.0 Å². The molecule has 2 aliphatic heterocycles. The molecule has 7 nitrogen and oxygen atoms in total. The third-order valence-corrected chi connectivity index (χ3v) is 4.52. The second-order valence-corrected chi connectivity index (χ2v) is 5.96. The lowest BCUT2D eigenvalue weighted by Crippen LogP contribution is -2.48. The lowest BCUT2D eigenvalue weighted by atomic mass is 9.97. The molecule has 0 radical (unpaired) electrons. The van der Waals surface area contributed by atoms with Crippen LogP contribution in [0, 0.1) is 5.92 Å². The molecule has 2 saturated heterocycles. The highest BCUT2D eigenvalue weighted by atomic mass is 16.4. The van der Waals surface area contributed by atoms with Gasteiger partial charge in [-0.15, -0.1) is 0 Å². The summed E-state index contributed by atoms with van der Waals surface area (Å²) >= 11 is 0. The molecule has 0 aromatic rings. The Labute approximate surface area is 124 Å². The molecule has 2 aliphatic rings. The molecule has 21 heavy (non-hydrogen) atoms. The van der Waals surface area contributed by atoms with E-state index in [9.17, 15) is 14.7 Å².